The highest BCUT2D eigenvalue weighted by atomic mass is 32.1. The molecule has 1 aliphatic heterocycles. The Morgan fingerprint density at radius 1 is 1.21 bits per heavy atom. The van der Waals surface area contributed by atoms with Crippen LogP contribution in [0.5, 0.6) is 0 Å². The molecule has 8 heteroatoms. The summed E-state index contributed by atoms with van der Waals surface area (Å²) in [5, 5.41) is 13.4. The number of halogens is 1. The van der Waals surface area contributed by atoms with Gasteiger partial charge in [-0.05, 0) is 50.2 Å². The Bertz CT molecular complexity index is 928. The number of nitrogens with one attached hydrogen (secondary N) is 2. The van der Waals surface area contributed by atoms with Crippen molar-refractivity contribution in [3.05, 3.63) is 46.9 Å². The van der Waals surface area contributed by atoms with Gasteiger partial charge in [0, 0.05) is 22.6 Å². The number of nitrogens with zero attached hydrogens (tertiary/aromatic N) is 2. The van der Waals surface area contributed by atoms with E-state index in [0.717, 1.165) is 42.8 Å². The molecule has 1 aliphatic rings. The maximum Gasteiger partial charge on any atom is 0.268 e. The van der Waals surface area contributed by atoms with Crippen LogP contribution < -0.4 is 11.1 Å². The van der Waals surface area contributed by atoms with Gasteiger partial charge in [-0.1, -0.05) is 13.8 Å². The Morgan fingerprint density at radius 3 is 2.50 bits per heavy atom. The van der Waals surface area contributed by atoms with Crippen LogP contribution in [-0.4, -0.2) is 34.2 Å². The molecule has 0 bridgehead atoms. The van der Waals surface area contributed by atoms with Crippen molar-refractivity contribution in [2.24, 2.45) is 5.73 Å². The van der Waals surface area contributed by atoms with E-state index in [1.54, 1.807) is 17.5 Å². The largest absolute Gasteiger partial charge is 0.364 e. The molecule has 4 N–H and O–H groups in total. The van der Waals surface area contributed by atoms with E-state index < -0.39 is 5.91 Å². The molecule has 0 unspecified atom stereocenters. The first-order valence-electron chi connectivity index (χ1n) is 9.44. The number of carbonyl (C=O) groups is 1. The van der Waals surface area contributed by atoms with Gasteiger partial charge in [-0.25, -0.2) is 9.37 Å². The Kier molecular flexibility index (Phi) is 6.53. The zero-order valence-corrected chi connectivity index (χ0v) is 16.8. The van der Waals surface area contributed by atoms with E-state index in [4.69, 9.17) is 5.73 Å². The molecule has 0 saturated carbocycles. The number of benzene rings is 1. The molecular weight excluding hydrogens is 377 g/mol. The number of amides is 1. The van der Waals surface area contributed by atoms with Crippen molar-refractivity contribution in [1.82, 2.24) is 20.5 Å². The number of piperidine rings is 1. The van der Waals surface area contributed by atoms with Crippen LogP contribution in [0.25, 0.3) is 21.8 Å². The summed E-state index contributed by atoms with van der Waals surface area (Å²) in [6, 6.07) is 6.22. The SMILES string of the molecule is CC.NC(=O)c1csc(-c2c(-c3ccc(F)cc3)n[nH]c2C2CCNCC2)n1. The molecule has 0 atom stereocenters. The van der Waals surface area contributed by atoms with Gasteiger partial charge in [-0.2, -0.15) is 5.10 Å². The smallest absolute Gasteiger partial charge is 0.268 e. The minimum absolute atomic E-state index is 0.243. The fraction of sp³-hybridized carbons (Fsp3) is 0.350. The van der Waals surface area contributed by atoms with Crippen LogP contribution in [0.4, 0.5) is 4.39 Å². The van der Waals surface area contributed by atoms with Gasteiger partial charge in [-0.15, -0.1) is 11.3 Å². The Labute approximate surface area is 167 Å². The summed E-state index contributed by atoms with van der Waals surface area (Å²) >= 11 is 1.36. The van der Waals surface area contributed by atoms with Crippen molar-refractivity contribution < 1.29 is 9.18 Å². The minimum atomic E-state index is -0.553. The lowest BCUT2D eigenvalue weighted by molar-refractivity contribution is 0.0996. The number of thiazole rings is 1. The summed E-state index contributed by atoms with van der Waals surface area (Å²) in [5.74, 6) is -0.522. The number of aromatic amines is 1. The van der Waals surface area contributed by atoms with Gasteiger partial charge in [0.15, 0.2) is 0 Å². The summed E-state index contributed by atoms with van der Waals surface area (Å²) in [6.07, 6.45) is 1.98. The second-order valence-corrected chi connectivity index (χ2v) is 7.15. The van der Waals surface area contributed by atoms with E-state index >= 15 is 0 Å². The molecule has 4 rings (SSSR count). The Hall–Kier alpha value is -2.58. The van der Waals surface area contributed by atoms with Gasteiger partial charge >= 0.3 is 0 Å². The molecule has 28 heavy (non-hydrogen) atoms. The fourth-order valence-electron chi connectivity index (χ4n) is 3.30. The first-order valence-corrected chi connectivity index (χ1v) is 10.3. The highest BCUT2D eigenvalue weighted by Gasteiger charge is 2.26. The average Bonchev–Trinajstić information content (AvgIpc) is 3.38. The minimum Gasteiger partial charge on any atom is -0.364 e. The number of aromatic nitrogens is 3. The highest BCUT2D eigenvalue weighted by Crippen LogP contribution is 2.40. The van der Waals surface area contributed by atoms with Crippen molar-refractivity contribution in [3.63, 3.8) is 0 Å². The van der Waals surface area contributed by atoms with E-state index in [2.05, 4.69) is 20.5 Å². The number of primary amides is 1. The Morgan fingerprint density at radius 2 is 1.89 bits per heavy atom. The third kappa shape index (κ3) is 4.13. The first kappa shape index (κ1) is 20.2. The number of nitrogens with two attached hydrogens (primary N) is 1. The van der Waals surface area contributed by atoms with Gasteiger partial charge in [0.05, 0.1) is 5.56 Å². The van der Waals surface area contributed by atoms with Crippen molar-refractivity contribution in [1.29, 1.82) is 0 Å². The third-order valence-electron chi connectivity index (χ3n) is 4.63. The molecule has 0 spiro atoms. The van der Waals surface area contributed by atoms with Crippen LogP contribution >= 0.6 is 11.3 Å². The van der Waals surface area contributed by atoms with Crippen LogP contribution in [0.1, 0.15) is 48.8 Å². The van der Waals surface area contributed by atoms with Gasteiger partial charge in [0.2, 0.25) is 0 Å². The lowest BCUT2D eigenvalue weighted by Gasteiger charge is -2.22. The van der Waals surface area contributed by atoms with Crippen LogP contribution in [-0.2, 0) is 0 Å². The van der Waals surface area contributed by atoms with E-state index in [9.17, 15) is 9.18 Å². The molecule has 3 heterocycles. The maximum atomic E-state index is 13.3. The standard InChI is InChI=1S/C18H18FN5OS.C2H6/c19-12-3-1-10(2-4-12)15-14(18-22-13(9-26-18)17(20)25)16(24-23-15)11-5-7-21-8-6-11;1-2/h1-4,9,11,21H,5-8H2,(H2,20,25)(H,23,24);1-2H3. The number of carbonyl (C=O) groups excluding carboxylic acids is 1. The number of hydrogen-bond donors (Lipinski definition) is 3. The predicted molar refractivity (Wildman–Crippen MR) is 110 cm³/mol. The summed E-state index contributed by atoms with van der Waals surface area (Å²) in [5.41, 5.74) is 9.00. The van der Waals surface area contributed by atoms with Gasteiger partial charge in [0.25, 0.3) is 5.91 Å². The molecule has 1 saturated heterocycles. The quantitative estimate of drug-likeness (QED) is 0.617. The number of rotatable bonds is 4. The summed E-state index contributed by atoms with van der Waals surface area (Å²) in [6.45, 7) is 5.89. The maximum absolute atomic E-state index is 13.3. The Balaban J connectivity index is 0.00000109. The van der Waals surface area contributed by atoms with Crippen molar-refractivity contribution in [2.45, 2.75) is 32.6 Å². The summed E-state index contributed by atoms with van der Waals surface area (Å²) in [7, 11) is 0. The second-order valence-electron chi connectivity index (χ2n) is 6.29. The summed E-state index contributed by atoms with van der Waals surface area (Å²) in [4.78, 5) is 15.9. The average molecular weight is 402 g/mol. The van der Waals surface area contributed by atoms with Crippen molar-refractivity contribution >= 4 is 17.2 Å². The summed E-state index contributed by atoms with van der Waals surface area (Å²) < 4.78 is 13.3. The van der Waals surface area contributed by atoms with E-state index in [1.165, 1.54) is 23.5 Å². The molecule has 3 aromatic rings. The second kappa shape index (κ2) is 9.07. The van der Waals surface area contributed by atoms with E-state index in [-0.39, 0.29) is 11.5 Å². The third-order valence-corrected chi connectivity index (χ3v) is 5.49. The predicted octanol–water partition coefficient (Wildman–Crippen LogP) is 3.93. The zero-order chi connectivity index (χ0) is 20.1. The van der Waals surface area contributed by atoms with Gasteiger partial charge in [-0.3, -0.25) is 9.89 Å². The monoisotopic (exact) mass is 401 g/mol. The molecular formula is C20H24FN5OS. The molecule has 6 nitrogen and oxygen atoms in total. The molecule has 0 radical (unpaired) electrons. The van der Waals surface area contributed by atoms with E-state index in [1.807, 2.05) is 13.8 Å². The molecule has 1 amide bonds. The van der Waals surface area contributed by atoms with Crippen LogP contribution in [0, 0.1) is 5.82 Å². The van der Waals surface area contributed by atoms with E-state index in [0.29, 0.717) is 16.6 Å². The van der Waals surface area contributed by atoms with Crippen LogP contribution in [0.3, 0.4) is 0 Å². The molecule has 1 aromatic carbocycles. The molecule has 1 fully saturated rings. The van der Waals surface area contributed by atoms with Crippen molar-refractivity contribution in [3.8, 4) is 21.8 Å². The topological polar surface area (TPSA) is 96.7 Å². The highest BCUT2D eigenvalue weighted by molar-refractivity contribution is 7.13. The molecule has 0 aliphatic carbocycles. The number of H-pyrrole nitrogens is 1. The molecule has 2 aromatic heterocycles. The number of hydrogen-bond acceptors (Lipinski definition) is 5. The lowest BCUT2D eigenvalue weighted by atomic mass is 9.91. The zero-order valence-electron chi connectivity index (χ0n) is 16.0. The van der Waals surface area contributed by atoms with Crippen molar-refractivity contribution in [2.75, 3.05) is 13.1 Å². The molecule has 148 valence electrons. The normalized spacial score (nSPS) is 14.4. The first-order chi connectivity index (χ1) is 13.6. The lowest BCUT2D eigenvalue weighted by Crippen LogP contribution is -2.27. The van der Waals surface area contributed by atoms with Gasteiger partial charge < -0.3 is 11.1 Å². The van der Waals surface area contributed by atoms with Crippen LogP contribution in [0.15, 0.2) is 29.6 Å². The van der Waals surface area contributed by atoms with Crippen LogP contribution in [0.2, 0.25) is 0 Å². The fourth-order valence-corrected chi connectivity index (χ4v) is 4.16. The van der Waals surface area contributed by atoms with Gasteiger partial charge in [0.1, 0.15) is 22.2 Å².